The lowest BCUT2D eigenvalue weighted by Crippen LogP contribution is -2.60. The van der Waals surface area contributed by atoms with E-state index < -0.39 is 49.5 Å². The fraction of sp³-hybridized carbons (Fsp3) is 0.863. The minimum absolute atomic E-state index is 0.187. The van der Waals surface area contributed by atoms with Gasteiger partial charge in [-0.15, -0.1) is 0 Å². The van der Waals surface area contributed by atoms with Crippen molar-refractivity contribution in [1.82, 2.24) is 5.32 Å². The van der Waals surface area contributed by atoms with Crippen molar-refractivity contribution in [3.8, 4) is 0 Å². The Bertz CT molecular complexity index is 1030. The van der Waals surface area contributed by atoms with Gasteiger partial charge in [0.25, 0.3) is 0 Å². The second-order valence-electron chi connectivity index (χ2n) is 17.6. The summed E-state index contributed by atoms with van der Waals surface area (Å²) >= 11 is 0. The van der Waals surface area contributed by atoms with Crippen LogP contribution in [-0.2, 0) is 14.3 Å². The predicted octanol–water partition coefficient (Wildman–Crippen LogP) is 11.2. The van der Waals surface area contributed by atoms with E-state index in [1.54, 1.807) is 6.08 Å². The molecule has 60 heavy (non-hydrogen) atoms. The maximum Gasteiger partial charge on any atom is 0.220 e. The SMILES string of the molecule is CCCCCCCCCC/C=C\CCCCCCCCCCCCCC(=O)NC(COC1OC(CO)C(O)C(O)C1O)C(O)/C=C/CC/C=C/CCCCCCCCCC. The van der Waals surface area contributed by atoms with Crippen molar-refractivity contribution in [3.05, 3.63) is 36.5 Å². The molecule has 1 fully saturated rings. The van der Waals surface area contributed by atoms with Crippen LogP contribution in [0.1, 0.15) is 226 Å². The number of ether oxygens (including phenoxy) is 2. The van der Waals surface area contributed by atoms with Gasteiger partial charge in [-0.25, -0.2) is 0 Å². The molecule has 1 heterocycles. The third-order valence-electron chi connectivity index (χ3n) is 11.9. The Morgan fingerprint density at radius 2 is 0.950 bits per heavy atom. The first-order valence-corrected chi connectivity index (χ1v) is 25.2. The van der Waals surface area contributed by atoms with Crippen molar-refractivity contribution in [2.45, 2.75) is 269 Å². The smallest absolute Gasteiger partial charge is 0.220 e. The van der Waals surface area contributed by atoms with E-state index in [2.05, 4.69) is 43.5 Å². The number of aliphatic hydroxyl groups excluding tert-OH is 5. The molecule has 0 radical (unpaired) electrons. The van der Waals surface area contributed by atoms with Crippen LogP contribution >= 0.6 is 0 Å². The van der Waals surface area contributed by atoms with E-state index in [0.717, 1.165) is 38.5 Å². The minimum atomic E-state index is -1.57. The van der Waals surface area contributed by atoms with Crippen molar-refractivity contribution in [1.29, 1.82) is 0 Å². The second-order valence-corrected chi connectivity index (χ2v) is 17.6. The quantitative estimate of drug-likeness (QED) is 0.0263. The molecule has 7 unspecified atom stereocenters. The maximum atomic E-state index is 13.0. The maximum absolute atomic E-state index is 13.0. The number of allylic oxidation sites excluding steroid dienone is 5. The number of carbonyl (C=O) groups is 1. The van der Waals surface area contributed by atoms with E-state index in [1.807, 2.05) is 6.08 Å². The summed E-state index contributed by atoms with van der Waals surface area (Å²) in [6.07, 6.45) is 44.8. The molecule has 9 heteroatoms. The van der Waals surface area contributed by atoms with Crippen LogP contribution in [0.4, 0.5) is 0 Å². The van der Waals surface area contributed by atoms with Gasteiger partial charge in [0.1, 0.15) is 24.4 Å². The number of nitrogens with one attached hydrogen (secondary N) is 1. The zero-order valence-electron chi connectivity index (χ0n) is 38.7. The van der Waals surface area contributed by atoms with Crippen LogP contribution in [0, 0.1) is 0 Å². The molecular formula is C51H95NO8. The van der Waals surface area contributed by atoms with Gasteiger partial charge in [0.15, 0.2) is 6.29 Å². The van der Waals surface area contributed by atoms with E-state index >= 15 is 0 Å². The van der Waals surface area contributed by atoms with Crippen LogP contribution in [0.25, 0.3) is 0 Å². The summed E-state index contributed by atoms with van der Waals surface area (Å²) in [6, 6.07) is -0.820. The lowest BCUT2D eigenvalue weighted by atomic mass is 9.99. The van der Waals surface area contributed by atoms with Gasteiger partial charge in [0.05, 0.1) is 25.4 Å². The minimum Gasteiger partial charge on any atom is -0.394 e. The molecule has 1 rings (SSSR count). The Balaban J connectivity index is 2.28. The fourth-order valence-corrected chi connectivity index (χ4v) is 7.87. The summed E-state index contributed by atoms with van der Waals surface area (Å²) in [5.74, 6) is -0.187. The Morgan fingerprint density at radius 3 is 1.40 bits per heavy atom. The number of unbranched alkanes of at least 4 members (excludes halogenated alkanes) is 28. The Morgan fingerprint density at radius 1 is 0.550 bits per heavy atom. The van der Waals surface area contributed by atoms with Gasteiger partial charge in [-0.3, -0.25) is 4.79 Å². The summed E-state index contributed by atoms with van der Waals surface area (Å²) < 4.78 is 11.2. The van der Waals surface area contributed by atoms with Crippen molar-refractivity contribution in [2.24, 2.45) is 0 Å². The molecule has 7 atom stereocenters. The number of hydrogen-bond acceptors (Lipinski definition) is 8. The van der Waals surface area contributed by atoms with Crippen LogP contribution in [0.2, 0.25) is 0 Å². The first-order valence-electron chi connectivity index (χ1n) is 25.2. The highest BCUT2D eigenvalue weighted by molar-refractivity contribution is 5.76. The number of carbonyl (C=O) groups excluding carboxylic acids is 1. The molecule has 0 spiro atoms. The van der Waals surface area contributed by atoms with E-state index in [0.29, 0.717) is 6.42 Å². The third-order valence-corrected chi connectivity index (χ3v) is 11.9. The molecule has 1 saturated heterocycles. The lowest BCUT2D eigenvalue weighted by Gasteiger charge is -2.40. The highest BCUT2D eigenvalue weighted by Gasteiger charge is 2.44. The average molecular weight is 850 g/mol. The first kappa shape index (κ1) is 56.4. The number of amides is 1. The zero-order valence-corrected chi connectivity index (χ0v) is 38.7. The van der Waals surface area contributed by atoms with Crippen LogP contribution in [0.15, 0.2) is 36.5 Å². The number of hydrogen-bond donors (Lipinski definition) is 6. The molecule has 6 N–H and O–H groups in total. The molecule has 0 aliphatic carbocycles. The van der Waals surface area contributed by atoms with Crippen molar-refractivity contribution in [3.63, 3.8) is 0 Å². The summed E-state index contributed by atoms with van der Waals surface area (Å²) in [6.45, 7) is 3.76. The molecule has 0 bridgehead atoms. The largest absolute Gasteiger partial charge is 0.394 e. The van der Waals surface area contributed by atoms with Gasteiger partial charge < -0.3 is 40.3 Å². The average Bonchev–Trinajstić information content (AvgIpc) is 3.25. The molecule has 352 valence electrons. The van der Waals surface area contributed by atoms with Crippen molar-refractivity contribution >= 4 is 5.91 Å². The van der Waals surface area contributed by atoms with Gasteiger partial charge in [-0.1, -0.05) is 198 Å². The molecule has 1 amide bonds. The summed E-state index contributed by atoms with van der Waals surface area (Å²) in [7, 11) is 0. The molecular weight excluding hydrogens is 755 g/mol. The van der Waals surface area contributed by atoms with Crippen LogP contribution in [0.3, 0.4) is 0 Å². The summed E-state index contributed by atoms with van der Waals surface area (Å²) in [4.78, 5) is 13.0. The summed E-state index contributed by atoms with van der Waals surface area (Å²) in [5.41, 5.74) is 0. The summed E-state index contributed by atoms with van der Waals surface area (Å²) in [5, 5.41) is 54.2. The van der Waals surface area contributed by atoms with E-state index in [9.17, 15) is 30.3 Å². The van der Waals surface area contributed by atoms with E-state index in [1.165, 1.54) is 167 Å². The van der Waals surface area contributed by atoms with Crippen LogP contribution < -0.4 is 5.32 Å². The van der Waals surface area contributed by atoms with Gasteiger partial charge in [-0.05, 0) is 57.8 Å². The highest BCUT2D eigenvalue weighted by Crippen LogP contribution is 2.23. The normalized spacial score (nSPS) is 20.8. The topological polar surface area (TPSA) is 149 Å². The monoisotopic (exact) mass is 850 g/mol. The van der Waals surface area contributed by atoms with E-state index in [-0.39, 0.29) is 12.5 Å². The molecule has 9 nitrogen and oxygen atoms in total. The van der Waals surface area contributed by atoms with Gasteiger partial charge in [-0.2, -0.15) is 0 Å². The molecule has 0 aromatic carbocycles. The highest BCUT2D eigenvalue weighted by atomic mass is 16.7. The molecule has 0 aromatic rings. The lowest BCUT2D eigenvalue weighted by molar-refractivity contribution is -0.302. The predicted molar refractivity (Wildman–Crippen MR) is 249 cm³/mol. The van der Waals surface area contributed by atoms with Crippen LogP contribution in [-0.4, -0.2) is 87.5 Å². The van der Waals surface area contributed by atoms with Gasteiger partial charge in [0.2, 0.25) is 5.91 Å². The molecule has 1 aliphatic heterocycles. The van der Waals surface area contributed by atoms with E-state index in [4.69, 9.17) is 9.47 Å². The Hall–Kier alpha value is -1.59. The first-order chi connectivity index (χ1) is 29.3. The molecule has 0 aromatic heterocycles. The fourth-order valence-electron chi connectivity index (χ4n) is 7.87. The standard InChI is InChI=1S/C51H95NO8/c1-3-5-7-9-11-13-15-17-19-20-21-22-23-24-25-26-27-29-31-33-35-37-39-41-47(55)52-44(43-59-51-50(58)49(57)48(56)46(42-53)60-51)45(54)40-38-36-34-32-30-28-18-16-14-12-10-8-6-4-2/h20-21,30,32,38,40,44-46,48-51,53-54,56-58H,3-19,22-29,31,33-37,39,41-43H2,1-2H3,(H,52,55)/b21-20-,32-30+,40-38+. The van der Waals surface area contributed by atoms with Crippen molar-refractivity contribution in [2.75, 3.05) is 13.2 Å². The number of aliphatic hydroxyl groups is 5. The molecule has 1 aliphatic rings. The van der Waals surface area contributed by atoms with Gasteiger partial charge in [0, 0.05) is 6.42 Å². The van der Waals surface area contributed by atoms with Crippen LogP contribution in [0.5, 0.6) is 0 Å². The number of rotatable bonds is 42. The zero-order chi connectivity index (χ0) is 43.7. The second kappa shape index (κ2) is 41.4. The third kappa shape index (κ3) is 31.3. The van der Waals surface area contributed by atoms with Gasteiger partial charge >= 0.3 is 0 Å². The molecule has 0 saturated carbocycles. The van der Waals surface area contributed by atoms with Crippen molar-refractivity contribution < 1.29 is 39.8 Å². The Kier molecular flexibility index (Phi) is 39.0. The Labute approximate surface area is 368 Å².